The fourth-order valence-electron chi connectivity index (χ4n) is 14.2. The molecular formula is C73H131N3O31. The molecule has 5 heterocycles. The summed E-state index contributed by atoms with van der Waals surface area (Å²) in [4.78, 5) is 52.2. The number of allylic oxidation sites excluding steroid dienone is 1. The number of carboxylic acid groups (broad SMARTS) is 1. The van der Waals surface area contributed by atoms with Gasteiger partial charge in [0.1, 0.15) is 116 Å². The number of carbonyl (C=O) groups excluding carboxylic acids is 3. The Hall–Kier alpha value is -3.42. The van der Waals surface area contributed by atoms with Crippen LogP contribution in [0.3, 0.4) is 0 Å². The van der Waals surface area contributed by atoms with Crippen LogP contribution >= 0.6 is 0 Å². The Morgan fingerprint density at radius 3 is 1.46 bits per heavy atom. The van der Waals surface area contributed by atoms with Gasteiger partial charge in [-0.2, -0.15) is 0 Å². The number of nitrogens with one attached hydrogen (secondary N) is 3. The summed E-state index contributed by atoms with van der Waals surface area (Å²) in [5.74, 6) is -7.23. The molecule has 3 amide bonds. The van der Waals surface area contributed by atoms with Crippen molar-refractivity contribution in [2.45, 2.75) is 385 Å². The zero-order chi connectivity index (χ0) is 78.8. The van der Waals surface area contributed by atoms with Gasteiger partial charge in [0.15, 0.2) is 25.2 Å². The summed E-state index contributed by atoms with van der Waals surface area (Å²) in [6, 6.07) is -4.69. The average molecular weight is 1550 g/mol. The number of aliphatic hydroxyl groups is 16. The molecule has 20 N–H and O–H groups in total. The third-order valence-electron chi connectivity index (χ3n) is 20.6. The Morgan fingerprint density at radius 2 is 0.944 bits per heavy atom. The molecule has 0 bridgehead atoms. The van der Waals surface area contributed by atoms with Crippen LogP contribution in [0.1, 0.15) is 214 Å². The monoisotopic (exact) mass is 1550 g/mol. The highest BCUT2D eigenvalue weighted by atomic mass is 16.8. The van der Waals surface area contributed by atoms with E-state index in [1.807, 2.05) is 6.08 Å². The molecule has 28 atom stereocenters. The standard InChI is InChI=1S/C73H131N3O31/c1-5-7-9-11-13-15-17-19-20-22-24-26-28-30-32-34-52(86)76-44(45(83)33-31-29-27-25-23-21-18-16-14-12-10-8-6-2)40-98-69-62(94)60(92)64(50(39-80)102-69)104-71-63(95)67(57(89)49(38-79)101-71)106-68-54(75-43(4)82)65(105-70-61(93)59(91)56(88)48(37-78)100-70)58(90)51(103-68)41-99-73(72(96)97)35-46(84)53(74-42(3)81)66(107-73)55(87)47(85)36-77/h31,33,44-51,53-71,77-80,83-85,87-95H,5-30,32,34-41H2,1-4H3,(H,74,81)(H,75,82)(H,76,86)(H,96,97)/b33-31+/t44-,45+,46?,47+,48?,49?,50?,51?,53+,54?,55+,56-,57-,58+,59-,60+,61?,62?,63?,64+,65+,66?,67-,68-,69+,70-,71-,73+/m0/s1. The Kier molecular flexibility index (Phi) is 44.0. The van der Waals surface area contributed by atoms with Crippen LogP contribution in [0.25, 0.3) is 0 Å². The molecule has 5 rings (SSSR count). The van der Waals surface area contributed by atoms with Crippen molar-refractivity contribution in [2.24, 2.45) is 0 Å². The summed E-state index contributed by atoms with van der Waals surface area (Å²) in [6.45, 7) is 0.529. The van der Waals surface area contributed by atoms with Crippen molar-refractivity contribution in [2.75, 3.05) is 39.6 Å². The molecule has 107 heavy (non-hydrogen) atoms. The second-order valence-electron chi connectivity index (χ2n) is 29.3. The van der Waals surface area contributed by atoms with E-state index >= 15 is 0 Å². The first-order valence-electron chi connectivity index (χ1n) is 39.1. The summed E-state index contributed by atoms with van der Waals surface area (Å²) >= 11 is 0. The number of hydrogen-bond acceptors (Lipinski definition) is 30. The fourth-order valence-corrected chi connectivity index (χ4v) is 14.2. The van der Waals surface area contributed by atoms with Crippen molar-refractivity contribution in [3.8, 4) is 0 Å². The third kappa shape index (κ3) is 29.5. The maximum Gasteiger partial charge on any atom is 0.364 e. The van der Waals surface area contributed by atoms with Gasteiger partial charge in [-0.15, -0.1) is 0 Å². The van der Waals surface area contributed by atoms with Gasteiger partial charge < -0.3 is 150 Å². The Bertz CT molecular complexity index is 2500. The number of ether oxygens (including phenoxy) is 10. The van der Waals surface area contributed by atoms with Crippen LogP contribution in [0.5, 0.6) is 0 Å². The van der Waals surface area contributed by atoms with E-state index in [2.05, 4.69) is 29.8 Å². The zero-order valence-corrected chi connectivity index (χ0v) is 62.8. The highest BCUT2D eigenvalue weighted by Crippen LogP contribution is 2.39. The number of unbranched alkanes of at least 4 members (excludes halogenated alkanes) is 25. The van der Waals surface area contributed by atoms with Crippen LogP contribution in [-0.2, 0) is 66.5 Å². The normalized spacial score (nSPS) is 34.6. The first-order valence-corrected chi connectivity index (χ1v) is 39.1. The van der Waals surface area contributed by atoms with E-state index in [1.165, 1.54) is 109 Å². The lowest BCUT2D eigenvalue weighted by Gasteiger charge is -2.51. The average Bonchev–Trinajstić information content (AvgIpc) is 0.771. The minimum Gasteiger partial charge on any atom is -0.477 e. The summed E-state index contributed by atoms with van der Waals surface area (Å²) in [7, 11) is 0. The van der Waals surface area contributed by atoms with Gasteiger partial charge in [0.2, 0.25) is 17.7 Å². The molecule has 5 saturated heterocycles. The van der Waals surface area contributed by atoms with Crippen LogP contribution in [-0.4, -0.2) is 321 Å². The Labute approximate surface area is 627 Å². The number of carbonyl (C=O) groups is 4. The number of rotatable bonds is 52. The van der Waals surface area contributed by atoms with E-state index in [0.717, 1.165) is 65.2 Å². The lowest BCUT2D eigenvalue weighted by atomic mass is 9.88. The fraction of sp³-hybridized carbons (Fsp3) is 0.918. The molecule has 0 aliphatic carbocycles. The molecule has 34 nitrogen and oxygen atoms in total. The molecule has 0 aromatic heterocycles. The second kappa shape index (κ2) is 49.9. The molecule has 0 spiro atoms. The van der Waals surface area contributed by atoms with Crippen molar-refractivity contribution in [3.05, 3.63) is 12.2 Å². The molecule has 0 aromatic rings. The Balaban J connectivity index is 1.33. The molecule has 10 unspecified atom stereocenters. The van der Waals surface area contributed by atoms with Gasteiger partial charge in [-0.25, -0.2) is 4.79 Å². The maximum atomic E-state index is 13.6. The van der Waals surface area contributed by atoms with Crippen LogP contribution in [0.2, 0.25) is 0 Å². The lowest BCUT2D eigenvalue weighted by molar-refractivity contribution is -0.384. The molecular weight excluding hydrogens is 1410 g/mol. The number of hydrogen-bond donors (Lipinski definition) is 20. The summed E-state index contributed by atoms with van der Waals surface area (Å²) in [6.07, 6.45) is -15.1. The molecule has 0 radical (unpaired) electrons. The van der Waals surface area contributed by atoms with Gasteiger partial charge in [0, 0.05) is 26.7 Å². The summed E-state index contributed by atoms with van der Waals surface area (Å²) < 4.78 is 59.3. The van der Waals surface area contributed by atoms with Crippen molar-refractivity contribution >= 4 is 23.7 Å². The number of amides is 3. The van der Waals surface area contributed by atoms with Crippen LogP contribution in [0, 0.1) is 0 Å². The van der Waals surface area contributed by atoms with E-state index in [9.17, 15) is 106 Å². The van der Waals surface area contributed by atoms with Crippen LogP contribution in [0.15, 0.2) is 12.2 Å². The number of carboxylic acids is 1. The molecule has 0 aromatic carbocycles. The summed E-state index contributed by atoms with van der Waals surface area (Å²) in [5.41, 5.74) is 0. The van der Waals surface area contributed by atoms with Gasteiger partial charge in [-0.3, -0.25) is 14.4 Å². The predicted octanol–water partition coefficient (Wildman–Crippen LogP) is -1.04. The quantitative estimate of drug-likeness (QED) is 0.0255. The van der Waals surface area contributed by atoms with E-state index in [4.69, 9.17) is 47.4 Å². The van der Waals surface area contributed by atoms with Gasteiger partial charge >= 0.3 is 5.97 Å². The number of aliphatic carboxylic acids is 1. The van der Waals surface area contributed by atoms with Crippen molar-refractivity contribution in [1.29, 1.82) is 0 Å². The number of aliphatic hydroxyl groups excluding tert-OH is 16. The largest absolute Gasteiger partial charge is 0.477 e. The van der Waals surface area contributed by atoms with E-state index in [-0.39, 0.29) is 12.3 Å². The first-order chi connectivity index (χ1) is 51.2. The molecule has 5 aliphatic heterocycles. The minimum absolute atomic E-state index is 0.158. The third-order valence-corrected chi connectivity index (χ3v) is 20.6. The highest BCUT2D eigenvalue weighted by molar-refractivity contribution is 5.77. The van der Waals surface area contributed by atoms with E-state index in [0.29, 0.717) is 12.8 Å². The smallest absolute Gasteiger partial charge is 0.364 e. The molecule has 624 valence electrons. The highest BCUT2D eigenvalue weighted by Gasteiger charge is 2.60. The van der Waals surface area contributed by atoms with Gasteiger partial charge in [-0.1, -0.05) is 180 Å². The zero-order valence-electron chi connectivity index (χ0n) is 62.8. The van der Waals surface area contributed by atoms with Gasteiger partial charge in [0.05, 0.1) is 63.9 Å². The second-order valence-corrected chi connectivity index (χ2v) is 29.3. The van der Waals surface area contributed by atoms with Gasteiger partial charge in [-0.05, 0) is 19.3 Å². The topological polar surface area (TPSA) is 541 Å². The molecule has 34 heteroatoms. The maximum absolute atomic E-state index is 13.6. The van der Waals surface area contributed by atoms with Crippen molar-refractivity contribution in [3.63, 3.8) is 0 Å². The van der Waals surface area contributed by atoms with Crippen LogP contribution < -0.4 is 16.0 Å². The van der Waals surface area contributed by atoms with Crippen LogP contribution in [0.4, 0.5) is 0 Å². The van der Waals surface area contributed by atoms with Gasteiger partial charge in [0.25, 0.3) is 5.79 Å². The lowest BCUT2D eigenvalue weighted by Crippen LogP contribution is -2.71. The molecule has 0 saturated carbocycles. The minimum atomic E-state index is -3.10. The predicted molar refractivity (Wildman–Crippen MR) is 378 cm³/mol. The van der Waals surface area contributed by atoms with Crippen molar-refractivity contribution in [1.82, 2.24) is 16.0 Å². The molecule has 5 fully saturated rings. The van der Waals surface area contributed by atoms with E-state index in [1.54, 1.807) is 6.08 Å². The van der Waals surface area contributed by atoms with Crippen molar-refractivity contribution < 1.29 is 153 Å². The van der Waals surface area contributed by atoms with E-state index < -0.39 is 235 Å². The Morgan fingerprint density at radius 1 is 0.495 bits per heavy atom. The first kappa shape index (κ1) is 94.2. The SMILES string of the molecule is CCCCCCCCCCCCC/C=C/[C@@H](O)[C@H](CO[C@@H]1OC(CO)[C@@H](O[C@@H]2OC(CO)[C@H](O)[C@H](O[C@@H]3OC(CO[C@]4(C(=O)O)CC(O)[C@@H](NC(C)=O)C([C@H](O)[C@H](O)CO)O4)[C@@H](O)[C@H](O[C@@H]4OC(CO)[C@H](O)[C@H](O)C4O)C3NC(C)=O)C2O)[C@H](O)C1O)NC(=O)CCCCCCCCCCCCCCCCC. The molecule has 5 aliphatic rings. The summed E-state index contributed by atoms with van der Waals surface area (Å²) in [5, 5.41) is 196.